The van der Waals surface area contributed by atoms with Gasteiger partial charge in [0.05, 0.1) is 45.7 Å². The highest BCUT2D eigenvalue weighted by atomic mass is 16.8. The summed E-state index contributed by atoms with van der Waals surface area (Å²) in [5, 5.41) is 123. The van der Waals surface area contributed by atoms with Crippen LogP contribution in [0.1, 0.15) is 13.8 Å². The van der Waals surface area contributed by atoms with Crippen LogP contribution in [-0.4, -0.2) is 244 Å². The van der Waals surface area contributed by atoms with Crippen molar-refractivity contribution >= 4 is 0 Å². The summed E-state index contributed by atoms with van der Waals surface area (Å²) in [6.45, 7) is 0.0530. The van der Waals surface area contributed by atoms with Gasteiger partial charge in [-0.2, -0.15) is 0 Å². The fourth-order valence-electron chi connectivity index (χ4n) is 6.55. The SMILES string of the molecule is CCO.COC1C(CO)OC(OCC2OC(OC3C(CO)OC(C)C(O)C3O)C(O)C(O)C2OC2OC(CO)C(OC)C(O)C2OCCO)C(O)C1O. The third-order valence-electron chi connectivity index (χ3n) is 9.31. The van der Waals surface area contributed by atoms with Gasteiger partial charge < -0.3 is 109 Å². The van der Waals surface area contributed by atoms with Gasteiger partial charge in [0.2, 0.25) is 0 Å². The van der Waals surface area contributed by atoms with Crippen LogP contribution >= 0.6 is 0 Å². The number of aliphatic hydroxyl groups is 12. The fraction of sp³-hybridized carbons (Fsp3) is 1.00. The number of methoxy groups -OCH3 is 2. The van der Waals surface area contributed by atoms with Gasteiger partial charge in [-0.25, -0.2) is 0 Å². The summed E-state index contributed by atoms with van der Waals surface area (Å²) in [7, 11) is 2.50. The minimum absolute atomic E-state index is 0.250. The first-order chi connectivity index (χ1) is 25.3. The van der Waals surface area contributed by atoms with Crippen molar-refractivity contribution in [3.8, 4) is 0 Å². The maximum absolute atomic E-state index is 11.4. The second-order valence-electron chi connectivity index (χ2n) is 12.8. The van der Waals surface area contributed by atoms with Crippen molar-refractivity contribution in [3.05, 3.63) is 0 Å². The molecule has 4 saturated heterocycles. The number of hydrogen-bond acceptors (Lipinski definition) is 22. The summed E-state index contributed by atoms with van der Waals surface area (Å²) in [6.07, 6.45) is -29.3. The summed E-state index contributed by atoms with van der Waals surface area (Å²) in [4.78, 5) is 0. The molecule has 4 rings (SSSR count). The van der Waals surface area contributed by atoms with Gasteiger partial charge in [0, 0.05) is 20.8 Å². The minimum Gasteiger partial charge on any atom is -0.397 e. The van der Waals surface area contributed by atoms with Gasteiger partial charge in [0.25, 0.3) is 0 Å². The molecule has 314 valence electrons. The number of aliphatic hydroxyl groups excluding tert-OH is 12. The number of ether oxygens (including phenoxy) is 10. The Labute approximate surface area is 305 Å². The van der Waals surface area contributed by atoms with E-state index in [0.29, 0.717) is 0 Å². The molecule has 0 amide bonds. The molecular formula is C31H58O22. The van der Waals surface area contributed by atoms with E-state index in [1.165, 1.54) is 21.1 Å². The van der Waals surface area contributed by atoms with E-state index >= 15 is 0 Å². The molecule has 4 fully saturated rings. The molecular weight excluding hydrogens is 724 g/mol. The Kier molecular flexibility index (Phi) is 19.4. The first kappa shape index (κ1) is 46.5. The molecule has 20 atom stereocenters. The van der Waals surface area contributed by atoms with Gasteiger partial charge in [-0.15, -0.1) is 0 Å². The van der Waals surface area contributed by atoms with Crippen molar-refractivity contribution in [1.82, 2.24) is 0 Å². The van der Waals surface area contributed by atoms with E-state index in [-0.39, 0.29) is 13.2 Å². The molecule has 20 unspecified atom stereocenters. The lowest BCUT2D eigenvalue weighted by atomic mass is 9.94. The van der Waals surface area contributed by atoms with Crippen LogP contribution in [0, 0.1) is 0 Å². The van der Waals surface area contributed by atoms with E-state index in [1.54, 1.807) is 6.92 Å². The monoisotopic (exact) mass is 782 g/mol. The zero-order chi connectivity index (χ0) is 39.6. The molecule has 0 radical (unpaired) electrons. The average Bonchev–Trinajstić information content (AvgIpc) is 3.15. The second-order valence-corrected chi connectivity index (χ2v) is 12.8. The number of hydrogen-bond donors (Lipinski definition) is 12. The zero-order valence-corrected chi connectivity index (χ0v) is 29.9. The van der Waals surface area contributed by atoms with E-state index < -0.39 is 156 Å². The maximum atomic E-state index is 11.4. The van der Waals surface area contributed by atoms with Crippen molar-refractivity contribution in [2.24, 2.45) is 0 Å². The van der Waals surface area contributed by atoms with E-state index in [2.05, 4.69) is 0 Å². The van der Waals surface area contributed by atoms with Gasteiger partial charge in [-0.05, 0) is 13.8 Å². The Balaban J connectivity index is 0.00000243. The van der Waals surface area contributed by atoms with E-state index in [0.717, 1.165) is 0 Å². The van der Waals surface area contributed by atoms with E-state index in [9.17, 15) is 56.2 Å². The lowest BCUT2D eigenvalue weighted by Crippen LogP contribution is -2.67. The highest BCUT2D eigenvalue weighted by Gasteiger charge is 2.54. The summed E-state index contributed by atoms with van der Waals surface area (Å²) >= 11 is 0. The molecule has 22 nitrogen and oxygen atoms in total. The normalized spacial score (nSPS) is 46.4. The Morgan fingerprint density at radius 2 is 0.906 bits per heavy atom. The van der Waals surface area contributed by atoms with Crippen LogP contribution in [0.5, 0.6) is 0 Å². The van der Waals surface area contributed by atoms with Crippen molar-refractivity contribution in [2.75, 3.05) is 60.5 Å². The van der Waals surface area contributed by atoms with E-state index in [1.807, 2.05) is 0 Å². The van der Waals surface area contributed by atoms with Gasteiger partial charge in [0.15, 0.2) is 18.9 Å². The summed E-state index contributed by atoms with van der Waals surface area (Å²) in [6, 6.07) is 0. The molecule has 4 aliphatic heterocycles. The van der Waals surface area contributed by atoms with Crippen LogP contribution in [-0.2, 0) is 47.4 Å². The van der Waals surface area contributed by atoms with Crippen LogP contribution in [0.3, 0.4) is 0 Å². The molecule has 0 bridgehead atoms. The molecule has 4 heterocycles. The smallest absolute Gasteiger partial charge is 0.187 e. The Bertz CT molecular complexity index is 1010. The Morgan fingerprint density at radius 3 is 1.45 bits per heavy atom. The quantitative estimate of drug-likeness (QED) is 0.0734. The standard InChI is InChI=1S/C29H52O21.C2H6O/c1-10-15(34)16(35)24(13(8-33)45-10)49-28-20(39)18(37)25(50-29-26(43-5-4-30)21(40)23(42-3)12(7-32)47-29)14(48-28)9-44-27-19(38)17(36)22(41-2)11(6-31)46-27;1-2-3/h10-40H,4-9H2,1-3H3;3H,2H2,1H3. The summed E-state index contributed by atoms with van der Waals surface area (Å²) in [5.74, 6) is 0. The van der Waals surface area contributed by atoms with Crippen molar-refractivity contribution in [1.29, 1.82) is 0 Å². The predicted molar refractivity (Wildman–Crippen MR) is 171 cm³/mol. The lowest BCUT2D eigenvalue weighted by molar-refractivity contribution is -0.381. The Hall–Kier alpha value is -0.880. The molecule has 4 aliphatic rings. The van der Waals surface area contributed by atoms with Gasteiger partial charge in [0.1, 0.15) is 97.7 Å². The summed E-state index contributed by atoms with van der Waals surface area (Å²) in [5.41, 5.74) is 0. The van der Waals surface area contributed by atoms with Crippen LogP contribution in [0.25, 0.3) is 0 Å². The molecule has 53 heavy (non-hydrogen) atoms. The first-order valence-electron chi connectivity index (χ1n) is 17.3. The molecule has 0 aliphatic carbocycles. The first-order valence-corrected chi connectivity index (χ1v) is 17.3. The third-order valence-corrected chi connectivity index (χ3v) is 9.31. The maximum Gasteiger partial charge on any atom is 0.187 e. The average molecular weight is 783 g/mol. The molecule has 0 saturated carbocycles. The van der Waals surface area contributed by atoms with Crippen LogP contribution < -0.4 is 0 Å². The van der Waals surface area contributed by atoms with Crippen LogP contribution in [0.2, 0.25) is 0 Å². The summed E-state index contributed by atoms with van der Waals surface area (Å²) < 4.78 is 56.4. The van der Waals surface area contributed by atoms with E-state index in [4.69, 9.17) is 52.5 Å². The minimum atomic E-state index is -1.95. The van der Waals surface area contributed by atoms with Crippen molar-refractivity contribution < 1.29 is 109 Å². The number of rotatable bonds is 15. The predicted octanol–water partition coefficient (Wildman–Crippen LogP) is -7.36. The highest BCUT2D eigenvalue weighted by molar-refractivity contribution is 4.98. The van der Waals surface area contributed by atoms with Crippen molar-refractivity contribution in [2.45, 2.75) is 136 Å². The largest absolute Gasteiger partial charge is 0.397 e. The molecule has 12 N–H and O–H groups in total. The third kappa shape index (κ3) is 11.0. The topological polar surface area (TPSA) is 335 Å². The van der Waals surface area contributed by atoms with Gasteiger partial charge in [-0.3, -0.25) is 0 Å². The highest BCUT2D eigenvalue weighted by Crippen LogP contribution is 2.34. The second kappa shape index (κ2) is 22.2. The Morgan fingerprint density at radius 1 is 0.472 bits per heavy atom. The van der Waals surface area contributed by atoms with Gasteiger partial charge >= 0.3 is 0 Å². The molecule has 0 spiro atoms. The molecule has 0 aromatic rings. The van der Waals surface area contributed by atoms with Crippen molar-refractivity contribution in [3.63, 3.8) is 0 Å². The molecule has 0 aromatic heterocycles. The zero-order valence-electron chi connectivity index (χ0n) is 29.9. The van der Waals surface area contributed by atoms with Gasteiger partial charge in [-0.1, -0.05) is 0 Å². The van der Waals surface area contributed by atoms with Crippen LogP contribution in [0.15, 0.2) is 0 Å². The molecule has 22 heteroatoms. The fourth-order valence-corrected chi connectivity index (χ4v) is 6.55. The lowest BCUT2D eigenvalue weighted by Gasteiger charge is -2.49. The van der Waals surface area contributed by atoms with Crippen LogP contribution in [0.4, 0.5) is 0 Å². The molecule has 0 aromatic carbocycles.